The van der Waals surface area contributed by atoms with Gasteiger partial charge in [0.2, 0.25) is 0 Å². The maximum Gasteiger partial charge on any atom is 0.149 e. The third-order valence-electron chi connectivity index (χ3n) is 6.12. The maximum atomic E-state index is 10.8. The number of phenols is 1. The maximum absolute atomic E-state index is 10.8. The summed E-state index contributed by atoms with van der Waals surface area (Å²) in [6.07, 6.45) is 0. The zero-order valence-corrected chi connectivity index (χ0v) is 18.5. The Morgan fingerprint density at radius 3 is 1.94 bits per heavy atom. The second-order valence-corrected chi connectivity index (χ2v) is 8.22. The van der Waals surface area contributed by atoms with Crippen LogP contribution in [0.2, 0.25) is 0 Å². The van der Waals surface area contributed by atoms with Crippen LogP contribution in [0.3, 0.4) is 0 Å². The third kappa shape index (κ3) is 3.35. The molecule has 1 heterocycles. The normalized spacial score (nSPS) is 11.1. The molecule has 6 rings (SSSR count). The molecule has 3 nitrogen and oxygen atoms in total. The molecule has 0 aliphatic carbocycles. The van der Waals surface area contributed by atoms with E-state index in [4.69, 9.17) is 4.98 Å². The van der Waals surface area contributed by atoms with Crippen LogP contribution in [-0.4, -0.2) is 14.7 Å². The number of aromatic nitrogens is 2. The second kappa shape index (κ2) is 8.38. The fourth-order valence-corrected chi connectivity index (χ4v) is 4.56. The monoisotopic (exact) mass is 438 g/mol. The highest BCUT2D eigenvalue weighted by atomic mass is 16.3. The number of hydrogen-bond donors (Lipinski definition) is 1. The Morgan fingerprint density at radius 2 is 1.18 bits per heavy atom. The average molecular weight is 439 g/mol. The molecular formula is C31H22N2O. The molecule has 0 saturated carbocycles. The number of nitrogens with zero attached hydrogens (tertiary/aromatic N) is 2. The van der Waals surface area contributed by atoms with E-state index in [1.54, 1.807) is 6.07 Å². The first-order valence-electron chi connectivity index (χ1n) is 11.3. The Kier molecular flexibility index (Phi) is 4.93. The van der Waals surface area contributed by atoms with Crippen molar-refractivity contribution in [2.45, 2.75) is 0 Å². The summed E-state index contributed by atoms with van der Waals surface area (Å²) in [6.45, 7) is 0. The van der Waals surface area contributed by atoms with Crippen molar-refractivity contribution >= 4 is 10.8 Å². The van der Waals surface area contributed by atoms with Crippen molar-refractivity contribution in [2.24, 2.45) is 0 Å². The van der Waals surface area contributed by atoms with Gasteiger partial charge in [0, 0.05) is 16.5 Å². The van der Waals surface area contributed by atoms with Crippen LogP contribution in [0, 0.1) is 0 Å². The molecule has 0 amide bonds. The fourth-order valence-electron chi connectivity index (χ4n) is 4.56. The molecular weight excluding hydrogens is 416 g/mol. The number of hydrogen-bond acceptors (Lipinski definition) is 2. The highest BCUT2D eigenvalue weighted by Crippen LogP contribution is 2.41. The van der Waals surface area contributed by atoms with Gasteiger partial charge in [-0.25, -0.2) is 4.98 Å². The highest BCUT2D eigenvalue weighted by Gasteiger charge is 2.24. The minimum absolute atomic E-state index is 0.202. The van der Waals surface area contributed by atoms with Gasteiger partial charge in [0.1, 0.15) is 11.6 Å². The number of imidazole rings is 1. The van der Waals surface area contributed by atoms with E-state index in [9.17, 15) is 5.11 Å². The lowest BCUT2D eigenvalue weighted by Crippen LogP contribution is -2.01. The highest BCUT2D eigenvalue weighted by molar-refractivity contribution is 5.94. The first-order valence-corrected chi connectivity index (χ1v) is 11.3. The molecule has 0 atom stereocenters. The van der Waals surface area contributed by atoms with Crippen LogP contribution in [-0.2, 0) is 0 Å². The van der Waals surface area contributed by atoms with Crippen LogP contribution < -0.4 is 0 Å². The lowest BCUT2D eigenvalue weighted by Gasteiger charge is -2.16. The summed E-state index contributed by atoms with van der Waals surface area (Å²) >= 11 is 0. The molecule has 0 radical (unpaired) electrons. The summed E-state index contributed by atoms with van der Waals surface area (Å²) in [7, 11) is 0. The van der Waals surface area contributed by atoms with Gasteiger partial charge < -0.3 is 5.11 Å². The molecule has 0 fully saturated rings. The SMILES string of the molecule is Oc1ccccc1-c1nc(-c2ccccc2)c(-c2ccccc2)n1-c1cccc2ccccc12. The number of rotatable bonds is 4. The van der Waals surface area contributed by atoms with E-state index >= 15 is 0 Å². The fraction of sp³-hybridized carbons (Fsp3) is 0. The van der Waals surface area contributed by atoms with Gasteiger partial charge in [-0.3, -0.25) is 4.57 Å². The van der Waals surface area contributed by atoms with Crippen molar-refractivity contribution in [1.82, 2.24) is 9.55 Å². The minimum atomic E-state index is 0.202. The van der Waals surface area contributed by atoms with Crippen LogP contribution in [0.25, 0.3) is 50.4 Å². The molecule has 0 aliphatic rings. The van der Waals surface area contributed by atoms with Crippen LogP contribution in [0.1, 0.15) is 0 Å². The van der Waals surface area contributed by atoms with Gasteiger partial charge >= 0.3 is 0 Å². The van der Waals surface area contributed by atoms with Gasteiger partial charge in [0.25, 0.3) is 0 Å². The quantitative estimate of drug-likeness (QED) is 0.306. The molecule has 0 aliphatic heterocycles. The smallest absolute Gasteiger partial charge is 0.149 e. The van der Waals surface area contributed by atoms with Gasteiger partial charge in [-0.2, -0.15) is 0 Å². The lowest BCUT2D eigenvalue weighted by atomic mass is 10.0. The summed E-state index contributed by atoms with van der Waals surface area (Å²) < 4.78 is 2.19. The molecule has 162 valence electrons. The van der Waals surface area contributed by atoms with Gasteiger partial charge in [0.15, 0.2) is 0 Å². The molecule has 0 spiro atoms. The van der Waals surface area contributed by atoms with Crippen molar-refractivity contribution in [3.05, 3.63) is 127 Å². The molecule has 0 bridgehead atoms. The standard InChI is InChI=1S/C31H22N2O/c34-28-21-10-9-19-26(28)31-32-29(23-13-3-1-4-14-23)30(24-15-5-2-6-16-24)33(31)27-20-11-17-22-12-7-8-18-25(22)27/h1-21,34H. The van der Waals surface area contributed by atoms with E-state index < -0.39 is 0 Å². The first kappa shape index (κ1) is 20.0. The number of fused-ring (bicyclic) bond motifs is 1. The second-order valence-electron chi connectivity index (χ2n) is 8.22. The van der Waals surface area contributed by atoms with Gasteiger partial charge in [-0.15, -0.1) is 0 Å². The molecule has 3 heteroatoms. The summed E-state index contributed by atoms with van der Waals surface area (Å²) in [6, 6.07) is 42.6. The minimum Gasteiger partial charge on any atom is -0.507 e. The summed E-state index contributed by atoms with van der Waals surface area (Å²) in [5.74, 6) is 0.903. The van der Waals surface area contributed by atoms with Crippen molar-refractivity contribution < 1.29 is 5.11 Å². The number of phenolic OH excluding ortho intramolecular Hbond substituents is 1. The van der Waals surface area contributed by atoms with Crippen LogP contribution in [0.15, 0.2) is 127 Å². The van der Waals surface area contributed by atoms with Crippen molar-refractivity contribution in [3.63, 3.8) is 0 Å². The topological polar surface area (TPSA) is 38.1 Å². The Bertz CT molecular complexity index is 1600. The summed E-state index contributed by atoms with van der Waals surface area (Å²) in [4.78, 5) is 5.17. The van der Waals surface area contributed by atoms with Gasteiger partial charge in [-0.1, -0.05) is 109 Å². The molecule has 5 aromatic carbocycles. The molecule has 34 heavy (non-hydrogen) atoms. The molecule has 1 aromatic heterocycles. The third-order valence-corrected chi connectivity index (χ3v) is 6.12. The van der Waals surface area contributed by atoms with Crippen LogP contribution >= 0.6 is 0 Å². The number of aromatic hydroxyl groups is 1. The van der Waals surface area contributed by atoms with E-state index in [-0.39, 0.29) is 5.75 Å². The molecule has 0 unspecified atom stereocenters. The number of para-hydroxylation sites is 1. The largest absolute Gasteiger partial charge is 0.507 e. The Labute approximate surface area is 198 Å². The Hall–Kier alpha value is -4.63. The van der Waals surface area contributed by atoms with Gasteiger partial charge in [-0.05, 0) is 23.6 Å². The molecule has 6 aromatic rings. The Balaban J connectivity index is 1.79. The molecule has 0 saturated heterocycles. The van der Waals surface area contributed by atoms with Gasteiger partial charge in [0.05, 0.1) is 22.6 Å². The lowest BCUT2D eigenvalue weighted by molar-refractivity contribution is 0.477. The van der Waals surface area contributed by atoms with Crippen LogP contribution in [0.4, 0.5) is 0 Å². The first-order chi connectivity index (χ1) is 16.8. The van der Waals surface area contributed by atoms with E-state index in [0.29, 0.717) is 11.4 Å². The van der Waals surface area contributed by atoms with E-state index in [1.807, 2.05) is 54.6 Å². The summed E-state index contributed by atoms with van der Waals surface area (Å²) in [5, 5.41) is 13.1. The van der Waals surface area contributed by atoms with Crippen LogP contribution in [0.5, 0.6) is 5.75 Å². The van der Waals surface area contributed by atoms with E-state index in [1.165, 1.54) is 0 Å². The van der Waals surface area contributed by atoms with E-state index in [0.717, 1.165) is 39.0 Å². The van der Waals surface area contributed by atoms with Crippen molar-refractivity contribution in [1.29, 1.82) is 0 Å². The predicted molar refractivity (Wildman–Crippen MR) is 139 cm³/mol. The van der Waals surface area contributed by atoms with Crippen molar-refractivity contribution in [2.75, 3.05) is 0 Å². The zero-order chi connectivity index (χ0) is 22.9. The Morgan fingerprint density at radius 1 is 0.559 bits per heavy atom. The zero-order valence-electron chi connectivity index (χ0n) is 18.5. The summed E-state index contributed by atoms with van der Waals surface area (Å²) in [5.41, 5.74) is 5.65. The average Bonchev–Trinajstić information content (AvgIpc) is 3.30. The predicted octanol–water partition coefficient (Wildman–Crippen LogP) is 7.73. The van der Waals surface area contributed by atoms with E-state index in [2.05, 4.69) is 71.3 Å². The number of benzene rings is 5. The van der Waals surface area contributed by atoms with Crippen molar-refractivity contribution in [3.8, 4) is 45.3 Å². The molecule has 1 N–H and O–H groups in total.